The predicted molar refractivity (Wildman–Crippen MR) is 58.2 cm³/mol. The van der Waals surface area contributed by atoms with Crippen molar-refractivity contribution in [3.05, 3.63) is 11.8 Å². The molecule has 1 saturated heterocycles. The predicted octanol–water partition coefficient (Wildman–Crippen LogP) is 1.75. The minimum atomic E-state index is -4.48. The van der Waals surface area contributed by atoms with Crippen LogP contribution in [0.5, 0.6) is 0 Å². The molecule has 1 fully saturated rings. The number of hydrogen-bond donors (Lipinski definition) is 1. The van der Waals surface area contributed by atoms with E-state index in [1.165, 1.54) is 11.9 Å². The average molecular weight is 262 g/mol. The number of carbonyl (C=O) groups is 1. The summed E-state index contributed by atoms with van der Waals surface area (Å²) in [5.74, 6) is 0.00731. The molecule has 0 aliphatic carbocycles. The normalized spacial score (nSPS) is 19.2. The summed E-state index contributed by atoms with van der Waals surface area (Å²) in [7, 11) is 1.20. The number of aromatic nitrogens is 2. The number of nitrogens with one attached hydrogen (secondary N) is 1. The lowest BCUT2D eigenvalue weighted by molar-refractivity contribution is -0.143. The van der Waals surface area contributed by atoms with Crippen molar-refractivity contribution in [3.63, 3.8) is 0 Å². The minimum Gasteiger partial charge on any atom is -0.331 e. The Kier molecular flexibility index (Phi) is 2.56. The van der Waals surface area contributed by atoms with E-state index in [0.717, 1.165) is 10.7 Å². The molecule has 1 N–H and O–H groups in total. The maximum Gasteiger partial charge on any atom is 0.433 e. The molecule has 0 radical (unpaired) electrons. The molecule has 0 bridgehead atoms. The Bertz CT molecular complexity index is 492. The van der Waals surface area contributed by atoms with Crippen molar-refractivity contribution < 1.29 is 18.0 Å². The first-order valence-electron chi connectivity index (χ1n) is 5.31. The Morgan fingerprint density at radius 3 is 2.44 bits per heavy atom. The third-order valence-electron chi connectivity index (χ3n) is 2.68. The molecule has 5 nitrogen and oxygen atoms in total. The Morgan fingerprint density at radius 1 is 1.44 bits per heavy atom. The first-order chi connectivity index (χ1) is 8.10. The fourth-order valence-electron chi connectivity index (χ4n) is 1.90. The zero-order valence-electron chi connectivity index (χ0n) is 10.2. The first-order valence-corrected chi connectivity index (χ1v) is 5.31. The molecule has 0 unspecified atom stereocenters. The van der Waals surface area contributed by atoms with Crippen molar-refractivity contribution in [1.29, 1.82) is 0 Å². The van der Waals surface area contributed by atoms with Crippen molar-refractivity contribution >= 4 is 11.8 Å². The van der Waals surface area contributed by atoms with Crippen molar-refractivity contribution in [2.24, 2.45) is 7.05 Å². The molecule has 1 aromatic rings. The van der Waals surface area contributed by atoms with Crippen LogP contribution in [0.15, 0.2) is 6.07 Å². The monoisotopic (exact) mass is 262 g/mol. The maximum absolute atomic E-state index is 12.6. The van der Waals surface area contributed by atoms with Gasteiger partial charge in [-0.15, -0.1) is 0 Å². The lowest BCUT2D eigenvalue weighted by atomic mass is 10.1. The Balaban J connectivity index is 2.34. The summed E-state index contributed by atoms with van der Waals surface area (Å²) in [5.41, 5.74) is -1.36. The third kappa shape index (κ3) is 2.14. The molecule has 100 valence electrons. The second kappa shape index (κ2) is 3.63. The van der Waals surface area contributed by atoms with Crippen LogP contribution in [0, 0.1) is 0 Å². The summed E-state index contributed by atoms with van der Waals surface area (Å²) in [5, 5.41) is 6.40. The van der Waals surface area contributed by atoms with Gasteiger partial charge in [-0.2, -0.15) is 18.3 Å². The third-order valence-corrected chi connectivity index (χ3v) is 2.68. The van der Waals surface area contributed by atoms with E-state index in [9.17, 15) is 18.0 Å². The first kappa shape index (κ1) is 12.7. The summed E-state index contributed by atoms with van der Waals surface area (Å²) in [6.07, 6.45) is -4.48. The van der Waals surface area contributed by atoms with Gasteiger partial charge in [0.25, 0.3) is 0 Å². The summed E-state index contributed by atoms with van der Waals surface area (Å²) >= 11 is 0. The number of halogens is 3. The van der Waals surface area contributed by atoms with E-state index in [-0.39, 0.29) is 12.4 Å². The van der Waals surface area contributed by atoms with Crippen LogP contribution < -0.4 is 10.2 Å². The maximum atomic E-state index is 12.6. The molecule has 0 aromatic carbocycles. The number of carbonyl (C=O) groups excluding carboxylic acids is 1. The van der Waals surface area contributed by atoms with E-state index in [1.54, 1.807) is 13.8 Å². The SMILES string of the molecule is Cn1nc(N2CC(C)(C)NC2=O)cc1C(F)(F)F. The highest BCUT2D eigenvalue weighted by molar-refractivity contribution is 5.94. The second-order valence-electron chi connectivity index (χ2n) is 4.91. The topological polar surface area (TPSA) is 50.2 Å². The molecule has 2 rings (SSSR count). The van der Waals surface area contributed by atoms with Crippen LogP contribution in [0.1, 0.15) is 19.5 Å². The number of amides is 2. The number of anilines is 1. The molecule has 1 aliphatic heterocycles. The van der Waals surface area contributed by atoms with Gasteiger partial charge in [-0.05, 0) is 13.8 Å². The van der Waals surface area contributed by atoms with E-state index in [1.807, 2.05) is 0 Å². The smallest absolute Gasteiger partial charge is 0.331 e. The molecule has 2 heterocycles. The Labute approximate surface area is 102 Å². The number of nitrogens with zero attached hydrogens (tertiary/aromatic N) is 3. The minimum absolute atomic E-state index is 0.00731. The lowest BCUT2D eigenvalue weighted by Gasteiger charge is -2.15. The van der Waals surface area contributed by atoms with E-state index in [2.05, 4.69) is 10.4 Å². The molecule has 8 heteroatoms. The van der Waals surface area contributed by atoms with Gasteiger partial charge in [0.05, 0.1) is 12.1 Å². The molecule has 1 aromatic heterocycles. The van der Waals surface area contributed by atoms with Crippen LogP contribution in [0.2, 0.25) is 0 Å². The zero-order valence-corrected chi connectivity index (χ0v) is 10.2. The van der Waals surface area contributed by atoms with Crippen molar-refractivity contribution in [2.45, 2.75) is 25.6 Å². The number of urea groups is 1. The van der Waals surface area contributed by atoms with Crippen molar-refractivity contribution in [2.75, 3.05) is 11.4 Å². The van der Waals surface area contributed by atoms with Gasteiger partial charge in [0.2, 0.25) is 0 Å². The van der Waals surface area contributed by atoms with Crippen LogP contribution >= 0.6 is 0 Å². The average Bonchev–Trinajstić information content (AvgIpc) is 2.65. The van der Waals surface area contributed by atoms with Crippen molar-refractivity contribution in [1.82, 2.24) is 15.1 Å². The van der Waals surface area contributed by atoms with E-state index >= 15 is 0 Å². The van der Waals surface area contributed by atoms with Crippen LogP contribution in [-0.2, 0) is 13.2 Å². The van der Waals surface area contributed by atoms with Gasteiger partial charge in [-0.3, -0.25) is 9.58 Å². The number of alkyl halides is 3. The van der Waals surface area contributed by atoms with Gasteiger partial charge in [-0.1, -0.05) is 0 Å². The number of rotatable bonds is 1. The quantitative estimate of drug-likeness (QED) is 0.838. The lowest BCUT2D eigenvalue weighted by Crippen LogP contribution is -2.36. The number of hydrogen-bond acceptors (Lipinski definition) is 2. The molecular weight excluding hydrogens is 249 g/mol. The van der Waals surface area contributed by atoms with Gasteiger partial charge in [0, 0.05) is 13.1 Å². The highest BCUT2D eigenvalue weighted by Crippen LogP contribution is 2.32. The van der Waals surface area contributed by atoms with Crippen LogP contribution in [0.4, 0.5) is 23.8 Å². The van der Waals surface area contributed by atoms with Gasteiger partial charge >= 0.3 is 12.2 Å². The van der Waals surface area contributed by atoms with Crippen LogP contribution in [0.3, 0.4) is 0 Å². The van der Waals surface area contributed by atoms with Crippen LogP contribution in [-0.4, -0.2) is 27.9 Å². The Morgan fingerprint density at radius 2 is 2.06 bits per heavy atom. The fourth-order valence-corrected chi connectivity index (χ4v) is 1.90. The van der Waals surface area contributed by atoms with Crippen molar-refractivity contribution in [3.8, 4) is 0 Å². The standard InChI is InChI=1S/C10H13F3N4O/c1-9(2)5-17(8(18)14-9)7-4-6(10(11,12)13)16(3)15-7/h4H,5H2,1-3H3,(H,14,18). The molecule has 2 amide bonds. The summed E-state index contributed by atoms with van der Waals surface area (Å²) in [6.45, 7) is 3.86. The molecule has 18 heavy (non-hydrogen) atoms. The van der Waals surface area contributed by atoms with Gasteiger partial charge in [-0.25, -0.2) is 4.79 Å². The fraction of sp³-hybridized carbons (Fsp3) is 0.600. The number of aryl methyl sites for hydroxylation is 1. The highest BCUT2D eigenvalue weighted by atomic mass is 19.4. The Hall–Kier alpha value is -1.73. The molecule has 0 atom stereocenters. The molecule has 1 aliphatic rings. The highest BCUT2D eigenvalue weighted by Gasteiger charge is 2.40. The van der Waals surface area contributed by atoms with E-state index in [4.69, 9.17) is 0 Å². The largest absolute Gasteiger partial charge is 0.433 e. The van der Waals surface area contributed by atoms with Gasteiger partial charge in [0.15, 0.2) is 5.82 Å². The summed E-state index contributed by atoms with van der Waals surface area (Å²) in [4.78, 5) is 12.8. The van der Waals surface area contributed by atoms with Crippen LogP contribution in [0.25, 0.3) is 0 Å². The molecule has 0 spiro atoms. The van der Waals surface area contributed by atoms with Gasteiger partial charge < -0.3 is 5.32 Å². The molecular formula is C10H13F3N4O. The summed E-state index contributed by atoms with van der Waals surface area (Å²) < 4.78 is 38.6. The van der Waals surface area contributed by atoms with E-state index in [0.29, 0.717) is 0 Å². The van der Waals surface area contributed by atoms with E-state index < -0.39 is 23.4 Å². The summed E-state index contributed by atoms with van der Waals surface area (Å²) in [6, 6.07) is 0.438. The van der Waals surface area contributed by atoms with Gasteiger partial charge in [0.1, 0.15) is 5.69 Å². The zero-order chi connectivity index (χ0) is 13.7. The second-order valence-corrected chi connectivity index (χ2v) is 4.91. The molecule has 0 saturated carbocycles.